The molecule has 0 saturated heterocycles. The van der Waals surface area contributed by atoms with Gasteiger partial charge in [-0.1, -0.05) is 23.9 Å². The molecule has 2 heterocycles. The van der Waals surface area contributed by atoms with Gasteiger partial charge in [0.1, 0.15) is 10.6 Å². The van der Waals surface area contributed by atoms with Crippen molar-refractivity contribution in [2.75, 3.05) is 19.4 Å². The van der Waals surface area contributed by atoms with Crippen molar-refractivity contribution in [2.45, 2.75) is 38.9 Å². The van der Waals surface area contributed by atoms with Crippen LogP contribution in [0, 0.1) is 13.8 Å². The van der Waals surface area contributed by atoms with Gasteiger partial charge in [0.15, 0.2) is 5.16 Å². The minimum Gasteiger partial charge on any atom is -0.497 e. The zero-order chi connectivity index (χ0) is 21.0. The maximum absolute atomic E-state index is 12.8. The zero-order valence-corrected chi connectivity index (χ0v) is 18.7. The number of nitrogens with zero attached hydrogens (tertiary/aromatic N) is 2. The number of methoxy groups -OCH3 is 1. The Hall–Kier alpha value is -2.32. The third-order valence-corrected chi connectivity index (χ3v) is 6.87. The van der Waals surface area contributed by atoms with Gasteiger partial charge < -0.3 is 10.1 Å². The van der Waals surface area contributed by atoms with E-state index in [1.807, 2.05) is 45.0 Å². The molecule has 0 atom stereocenters. The molecule has 0 saturated carbocycles. The minimum absolute atomic E-state index is 0.0261. The summed E-state index contributed by atoms with van der Waals surface area (Å²) in [5.74, 6) is 0.972. The van der Waals surface area contributed by atoms with E-state index < -0.39 is 0 Å². The smallest absolute Gasteiger partial charge is 0.263 e. The Kier molecular flexibility index (Phi) is 6.97. The summed E-state index contributed by atoms with van der Waals surface area (Å²) in [6.45, 7) is 6.96. The number of carbonyl (C=O) groups excluding carboxylic acids is 1. The molecule has 3 aromatic rings. The highest BCUT2D eigenvalue weighted by Crippen LogP contribution is 2.28. The predicted molar refractivity (Wildman–Crippen MR) is 119 cm³/mol. The summed E-state index contributed by atoms with van der Waals surface area (Å²) in [5, 5.41) is 4.22. The molecule has 8 heteroatoms. The van der Waals surface area contributed by atoms with Crippen LogP contribution in [0.5, 0.6) is 5.75 Å². The highest BCUT2D eigenvalue weighted by atomic mass is 32.2. The lowest BCUT2D eigenvalue weighted by Crippen LogP contribution is -2.28. The molecule has 0 unspecified atom stereocenters. The molecule has 1 amide bonds. The van der Waals surface area contributed by atoms with Crippen LogP contribution in [0.1, 0.15) is 22.9 Å². The third kappa shape index (κ3) is 4.82. The quantitative estimate of drug-likeness (QED) is 0.436. The summed E-state index contributed by atoms with van der Waals surface area (Å²) in [6.07, 6.45) is 0.748. The van der Waals surface area contributed by atoms with E-state index >= 15 is 0 Å². The normalized spacial score (nSPS) is 11.0. The fraction of sp³-hybridized carbons (Fsp3) is 0.381. The standard InChI is InChI=1S/C21H25N3O3S2/c1-5-24-20(26)18-13(2)14(3)29-19(18)23-21(24)28-12-17(25)22-11-10-15-6-8-16(27-4)9-7-15/h6-9H,5,10-12H2,1-4H3,(H,22,25). The molecule has 0 aliphatic rings. The van der Waals surface area contributed by atoms with Crippen molar-refractivity contribution < 1.29 is 9.53 Å². The SMILES string of the molecule is CCn1c(SCC(=O)NCCc2ccc(OC)cc2)nc2sc(C)c(C)c2c1=O. The summed E-state index contributed by atoms with van der Waals surface area (Å²) in [4.78, 5) is 31.6. The third-order valence-electron chi connectivity index (χ3n) is 4.80. The van der Waals surface area contributed by atoms with E-state index in [1.54, 1.807) is 11.7 Å². The Morgan fingerprint density at radius 2 is 2.00 bits per heavy atom. The van der Waals surface area contributed by atoms with Gasteiger partial charge in [-0.05, 0) is 50.5 Å². The number of thiophene rings is 1. The fourth-order valence-electron chi connectivity index (χ4n) is 3.02. The van der Waals surface area contributed by atoms with Gasteiger partial charge in [0.05, 0.1) is 18.2 Å². The number of nitrogens with one attached hydrogen (secondary N) is 1. The van der Waals surface area contributed by atoms with Crippen LogP contribution in [0.25, 0.3) is 10.2 Å². The molecule has 1 N–H and O–H groups in total. The molecule has 6 nitrogen and oxygen atoms in total. The predicted octanol–water partition coefficient (Wildman–Crippen LogP) is 3.55. The molecule has 0 aliphatic heterocycles. The van der Waals surface area contributed by atoms with Crippen LogP contribution in [0.4, 0.5) is 0 Å². The summed E-state index contributed by atoms with van der Waals surface area (Å²) in [6, 6.07) is 7.80. The van der Waals surface area contributed by atoms with Crippen molar-refractivity contribution in [3.63, 3.8) is 0 Å². The topological polar surface area (TPSA) is 73.2 Å². The molecule has 2 aromatic heterocycles. The Morgan fingerprint density at radius 1 is 1.28 bits per heavy atom. The van der Waals surface area contributed by atoms with Crippen LogP contribution in [-0.4, -0.2) is 34.9 Å². The van der Waals surface area contributed by atoms with E-state index in [9.17, 15) is 9.59 Å². The molecule has 154 valence electrons. The molecule has 3 rings (SSSR count). The van der Waals surface area contributed by atoms with Crippen molar-refractivity contribution in [2.24, 2.45) is 0 Å². The fourth-order valence-corrected chi connectivity index (χ4v) is 4.98. The van der Waals surface area contributed by atoms with Gasteiger partial charge in [-0.2, -0.15) is 0 Å². The van der Waals surface area contributed by atoms with Crippen LogP contribution < -0.4 is 15.6 Å². The lowest BCUT2D eigenvalue weighted by Gasteiger charge is -2.10. The Morgan fingerprint density at radius 3 is 2.66 bits per heavy atom. The van der Waals surface area contributed by atoms with Crippen molar-refractivity contribution in [3.05, 3.63) is 50.6 Å². The first-order chi connectivity index (χ1) is 13.9. The summed E-state index contributed by atoms with van der Waals surface area (Å²) in [7, 11) is 1.64. The first kappa shape index (κ1) is 21.4. The van der Waals surface area contributed by atoms with Crippen LogP contribution in [0.3, 0.4) is 0 Å². The number of aromatic nitrogens is 2. The molecule has 29 heavy (non-hydrogen) atoms. The second-order valence-electron chi connectivity index (χ2n) is 6.64. The monoisotopic (exact) mass is 431 g/mol. The highest BCUT2D eigenvalue weighted by Gasteiger charge is 2.16. The van der Waals surface area contributed by atoms with E-state index in [1.165, 1.54) is 23.1 Å². The molecule has 0 bridgehead atoms. The number of ether oxygens (including phenoxy) is 1. The van der Waals surface area contributed by atoms with Crippen molar-refractivity contribution in [1.29, 1.82) is 0 Å². The first-order valence-corrected chi connectivity index (χ1v) is 11.3. The van der Waals surface area contributed by atoms with E-state index in [0.717, 1.165) is 33.0 Å². The number of hydrogen-bond acceptors (Lipinski definition) is 6. The van der Waals surface area contributed by atoms with Crippen molar-refractivity contribution >= 4 is 39.2 Å². The molecule has 1 aromatic carbocycles. The van der Waals surface area contributed by atoms with E-state index in [2.05, 4.69) is 10.3 Å². The molecular formula is C21H25N3O3S2. The molecule has 0 radical (unpaired) electrons. The Labute approximate surface area is 178 Å². The Balaban J connectivity index is 1.60. The molecule has 0 aliphatic carbocycles. The number of benzene rings is 1. The van der Waals surface area contributed by atoms with Crippen molar-refractivity contribution in [1.82, 2.24) is 14.9 Å². The van der Waals surface area contributed by atoms with Crippen LogP contribution >= 0.6 is 23.1 Å². The average Bonchev–Trinajstić information content (AvgIpc) is 3.00. The number of fused-ring (bicyclic) bond motifs is 1. The Bertz CT molecular complexity index is 1070. The van der Waals surface area contributed by atoms with Crippen molar-refractivity contribution in [3.8, 4) is 5.75 Å². The summed E-state index contributed by atoms with van der Waals surface area (Å²) < 4.78 is 6.80. The van der Waals surface area contributed by atoms with Gasteiger partial charge in [0, 0.05) is 18.0 Å². The molecule has 0 fully saturated rings. The van der Waals surface area contributed by atoms with E-state index in [4.69, 9.17) is 4.74 Å². The zero-order valence-electron chi connectivity index (χ0n) is 17.1. The second-order valence-corrected chi connectivity index (χ2v) is 8.79. The summed E-state index contributed by atoms with van der Waals surface area (Å²) in [5.41, 5.74) is 2.11. The number of carbonyl (C=O) groups is 1. The van der Waals surface area contributed by atoms with Gasteiger partial charge in [0.25, 0.3) is 5.56 Å². The van der Waals surface area contributed by atoms with Crippen LogP contribution in [-0.2, 0) is 17.8 Å². The highest BCUT2D eigenvalue weighted by molar-refractivity contribution is 7.99. The first-order valence-electron chi connectivity index (χ1n) is 9.47. The number of amides is 1. The second kappa shape index (κ2) is 9.45. The summed E-state index contributed by atoms with van der Waals surface area (Å²) >= 11 is 2.83. The maximum Gasteiger partial charge on any atom is 0.263 e. The van der Waals surface area contributed by atoms with Gasteiger partial charge in [0.2, 0.25) is 5.91 Å². The minimum atomic E-state index is -0.0703. The van der Waals surface area contributed by atoms with Gasteiger partial charge in [-0.25, -0.2) is 4.98 Å². The molecule has 0 spiro atoms. The van der Waals surface area contributed by atoms with Gasteiger partial charge >= 0.3 is 0 Å². The average molecular weight is 432 g/mol. The van der Waals surface area contributed by atoms with Gasteiger partial charge in [-0.15, -0.1) is 11.3 Å². The number of aryl methyl sites for hydroxylation is 2. The number of hydrogen-bond donors (Lipinski definition) is 1. The molecular weight excluding hydrogens is 406 g/mol. The largest absolute Gasteiger partial charge is 0.497 e. The van der Waals surface area contributed by atoms with E-state index in [0.29, 0.717) is 23.6 Å². The lowest BCUT2D eigenvalue weighted by atomic mass is 10.1. The van der Waals surface area contributed by atoms with Crippen LogP contribution in [0.15, 0.2) is 34.2 Å². The van der Waals surface area contributed by atoms with E-state index in [-0.39, 0.29) is 17.2 Å². The lowest BCUT2D eigenvalue weighted by molar-refractivity contribution is -0.118. The number of thioether (sulfide) groups is 1. The van der Waals surface area contributed by atoms with Gasteiger partial charge in [-0.3, -0.25) is 14.2 Å². The van der Waals surface area contributed by atoms with Crippen LogP contribution in [0.2, 0.25) is 0 Å². The maximum atomic E-state index is 12.8. The number of rotatable bonds is 8.